The van der Waals surface area contributed by atoms with Crippen LogP contribution < -0.4 is 5.32 Å². The molecular weight excluding hydrogens is 416 g/mol. The Morgan fingerprint density at radius 1 is 1.33 bits per heavy atom. The lowest BCUT2D eigenvalue weighted by atomic mass is 9.93. The Morgan fingerprint density at radius 2 is 2.18 bits per heavy atom. The average molecular weight is 447 g/mol. The van der Waals surface area contributed by atoms with Crippen molar-refractivity contribution in [1.82, 2.24) is 25.0 Å². The van der Waals surface area contributed by atoms with E-state index in [0.29, 0.717) is 25.4 Å². The number of ether oxygens (including phenoxy) is 1. The second kappa shape index (κ2) is 8.51. The molecule has 1 amide bonds. The highest BCUT2D eigenvalue weighted by Gasteiger charge is 2.28. The van der Waals surface area contributed by atoms with Gasteiger partial charge in [0.05, 0.1) is 24.6 Å². The summed E-state index contributed by atoms with van der Waals surface area (Å²) in [6, 6.07) is 6.53. The number of nitrogens with zero attached hydrogens (tertiary/aromatic N) is 3. The number of rotatable bonds is 5. The van der Waals surface area contributed by atoms with Gasteiger partial charge in [-0.25, -0.2) is 0 Å². The molecule has 0 bridgehead atoms. The van der Waals surface area contributed by atoms with Crippen LogP contribution in [0.5, 0.6) is 0 Å². The van der Waals surface area contributed by atoms with Crippen molar-refractivity contribution in [2.75, 3.05) is 26.3 Å². The molecule has 3 aromatic rings. The van der Waals surface area contributed by atoms with Crippen LogP contribution in [0.25, 0.3) is 22.0 Å². The van der Waals surface area contributed by atoms with Gasteiger partial charge in [0, 0.05) is 85.3 Å². The third-order valence-electron chi connectivity index (χ3n) is 6.67. The zero-order valence-corrected chi connectivity index (χ0v) is 19.4. The molecule has 1 fully saturated rings. The minimum absolute atomic E-state index is 0.0420. The fourth-order valence-corrected chi connectivity index (χ4v) is 4.87. The maximum Gasteiger partial charge on any atom is 0.219 e. The number of aromatic amines is 1. The van der Waals surface area contributed by atoms with Crippen LogP contribution in [0.4, 0.5) is 0 Å². The Morgan fingerprint density at radius 3 is 2.88 bits per heavy atom. The average Bonchev–Trinajstić information content (AvgIpc) is 3.52. The van der Waals surface area contributed by atoms with Gasteiger partial charge in [0.2, 0.25) is 5.91 Å². The van der Waals surface area contributed by atoms with E-state index in [1.165, 1.54) is 0 Å². The molecule has 2 aliphatic heterocycles. The molecule has 5 rings (SSSR count). The zero-order chi connectivity index (χ0) is 23.1. The summed E-state index contributed by atoms with van der Waals surface area (Å²) in [5.74, 6) is 0.0420. The molecule has 1 saturated heterocycles. The maximum absolute atomic E-state index is 12.1. The van der Waals surface area contributed by atoms with E-state index in [0.717, 1.165) is 64.0 Å². The fraction of sp³-hybridized carbons (Fsp3) is 0.400. The quantitative estimate of drug-likeness (QED) is 0.525. The third-order valence-corrected chi connectivity index (χ3v) is 6.67. The molecule has 0 spiro atoms. The highest BCUT2D eigenvalue weighted by molar-refractivity contribution is 6.19. The minimum Gasteiger partial charge on any atom is -0.383 e. The summed E-state index contributed by atoms with van der Waals surface area (Å²) in [7, 11) is 1.91. The van der Waals surface area contributed by atoms with Crippen LogP contribution in [0.2, 0.25) is 0 Å². The molecule has 1 atom stereocenters. The number of nitrogens with one attached hydrogen (secondary N) is 3. The van der Waals surface area contributed by atoms with Crippen molar-refractivity contribution in [3.63, 3.8) is 0 Å². The van der Waals surface area contributed by atoms with Gasteiger partial charge in [-0.2, -0.15) is 5.10 Å². The first-order valence-corrected chi connectivity index (χ1v) is 11.4. The lowest BCUT2D eigenvalue weighted by molar-refractivity contribution is -0.128. The molecule has 0 radical (unpaired) electrons. The van der Waals surface area contributed by atoms with Crippen molar-refractivity contribution < 1.29 is 9.53 Å². The van der Waals surface area contributed by atoms with Gasteiger partial charge in [-0.1, -0.05) is 12.1 Å². The number of benzene rings is 1. The molecule has 2 aromatic heterocycles. The second-order valence-electron chi connectivity index (χ2n) is 9.02. The number of aromatic nitrogens is 3. The summed E-state index contributed by atoms with van der Waals surface area (Å²) < 4.78 is 7.33. The summed E-state index contributed by atoms with van der Waals surface area (Å²) in [4.78, 5) is 17.4. The van der Waals surface area contributed by atoms with Crippen LogP contribution in [0.3, 0.4) is 0 Å². The summed E-state index contributed by atoms with van der Waals surface area (Å²) in [6.07, 6.45) is 5.53. The number of carbonyl (C=O) groups is 1. The van der Waals surface area contributed by atoms with E-state index in [9.17, 15) is 10.2 Å². The number of hydrogen-bond donors (Lipinski definition) is 3. The smallest absolute Gasteiger partial charge is 0.219 e. The number of H-pyrrole nitrogens is 1. The lowest BCUT2D eigenvalue weighted by Gasteiger charge is -2.32. The molecule has 8 nitrogen and oxygen atoms in total. The van der Waals surface area contributed by atoms with Crippen LogP contribution in [0.15, 0.2) is 41.9 Å². The van der Waals surface area contributed by atoms with E-state index in [2.05, 4.69) is 33.6 Å². The van der Waals surface area contributed by atoms with Crippen LogP contribution in [0, 0.1) is 12.3 Å². The van der Waals surface area contributed by atoms with Gasteiger partial charge < -0.3 is 19.9 Å². The number of carbonyl (C=O) groups excluding carboxylic acids is 1. The van der Waals surface area contributed by atoms with Gasteiger partial charge in [-0.15, -0.1) is 0 Å². The van der Waals surface area contributed by atoms with Crippen LogP contribution in [-0.4, -0.2) is 63.6 Å². The monoisotopic (exact) mass is 446 g/mol. The largest absolute Gasteiger partial charge is 0.383 e. The van der Waals surface area contributed by atoms with Crippen molar-refractivity contribution in [3.05, 3.63) is 53.1 Å². The Balaban J connectivity index is 1.53. The molecule has 172 valence electrons. The maximum atomic E-state index is 12.1. The Bertz CT molecular complexity index is 1260. The first kappa shape index (κ1) is 21.5. The summed E-state index contributed by atoms with van der Waals surface area (Å²) >= 11 is 0. The van der Waals surface area contributed by atoms with Gasteiger partial charge in [-0.05, 0) is 25.0 Å². The molecule has 3 N–H and O–H groups in total. The van der Waals surface area contributed by atoms with E-state index in [-0.39, 0.29) is 11.9 Å². The van der Waals surface area contributed by atoms with Crippen LogP contribution in [0.1, 0.15) is 31.0 Å². The van der Waals surface area contributed by atoms with E-state index < -0.39 is 0 Å². The molecule has 33 heavy (non-hydrogen) atoms. The Hall–Kier alpha value is -3.39. The van der Waals surface area contributed by atoms with Gasteiger partial charge >= 0.3 is 0 Å². The van der Waals surface area contributed by atoms with E-state index >= 15 is 0 Å². The van der Waals surface area contributed by atoms with E-state index in [4.69, 9.17) is 4.74 Å². The van der Waals surface area contributed by atoms with Crippen LogP contribution >= 0.6 is 0 Å². The summed E-state index contributed by atoms with van der Waals surface area (Å²) in [6.45, 7) is 6.17. The molecule has 0 aliphatic carbocycles. The second-order valence-corrected chi connectivity index (χ2v) is 9.02. The predicted octanol–water partition coefficient (Wildman–Crippen LogP) is 3.13. The van der Waals surface area contributed by atoms with Crippen LogP contribution in [-0.2, 0) is 16.6 Å². The fourth-order valence-electron chi connectivity index (χ4n) is 4.87. The third kappa shape index (κ3) is 4.06. The molecule has 1 aromatic carbocycles. The number of aryl methyl sites for hydroxylation is 2. The highest BCUT2D eigenvalue weighted by Crippen LogP contribution is 2.31. The number of hydrogen-bond acceptors (Lipinski definition) is 5. The van der Waals surface area contributed by atoms with Gasteiger partial charge in [0.1, 0.15) is 0 Å². The van der Waals surface area contributed by atoms with Crippen molar-refractivity contribution >= 4 is 22.5 Å². The molecule has 4 heterocycles. The van der Waals surface area contributed by atoms with Gasteiger partial charge in [0.25, 0.3) is 0 Å². The standard InChI is InChI=1S/C25H30N6O2/c1-15-24(20-5-4-17(10-23(20)28-15)18-11-27-30(3)12-18)25(26)21-13-31(16(2)32)8-6-22(21)29-19-7-9-33-14-19/h4-5,10-12,19,26,28-29H,6-9,13-14H2,1-3H3. The van der Waals surface area contributed by atoms with Gasteiger partial charge in [-0.3, -0.25) is 14.9 Å². The van der Waals surface area contributed by atoms with Crippen molar-refractivity contribution in [1.29, 1.82) is 5.41 Å². The summed E-state index contributed by atoms with van der Waals surface area (Å²) in [5, 5.41) is 18.1. The van der Waals surface area contributed by atoms with Crippen molar-refractivity contribution in [2.45, 2.75) is 32.7 Å². The van der Waals surface area contributed by atoms with E-state index in [1.54, 1.807) is 11.6 Å². The Kier molecular flexibility index (Phi) is 5.54. The number of fused-ring (bicyclic) bond motifs is 1. The zero-order valence-electron chi connectivity index (χ0n) is 19.4. The summed E-state index contributed by atoms with van der Waals surface area (Å²) in [5.41, 5.74) is 7.41. The minimum atomic E-state index is 0.0420. The van der Waals surface area contributed by atoms with Crippen molar-refractivity contribution in [2.24, 2.45) is 7.05 Å². The lowest BCUT2D eigenvalue weighted by Crippen LogP contribution is -2.42. The predicted molar refractivity (Wildman–Crippen MR) is 128 cm³/mol. The topological polar surface area (TPSA) is 99.0 Å². The molecule has 0 saturated carbocycles. The molecule has 1 unspecified atom stereocenters. The van der Waals surface area contributed by atoms with Gasteiger partial charge in [0.15, 0.2) is 0 Å². The molecule has 8 heteroatoms. The SMILES string of the molecule is CC(=O)N1CCC(NC2CCOC2)=C(C(=N)c2c(C)[nH]c3cc(-c4cnn(C)c4)ccc23)C1. The normalized spacial score (nSPS) is 18.9. The first-order valence-electron chi connectivity index (χ1n) is 11.4. The van der Waals surface area contributed by atoms with Crippen molar-refractivity contribution in [3.8, 4) is 11.1 Å². The van der Waals surface area contributed by atoms with E-state index in [1.807, 2.05) is 31.3 Å². The Labute approximate surface area is 193 Å². The first-order chi connectivity index (χ1) is 15.9. The molecule has 2 aliphatic rings. The highest BCUT2D eigenvalue weighted by atomic mass is 16.5. The number of amides is 1. The molecular formula is C25H30N6O2.